The predicted octanol–water partition coefficient (Wildman–Crippen LogP) is 3.94. The molecule has 2 unspecified atom stereocenters. The molecule has 0 bridgehead atoms. The molecule has 5 nitrogen and oxygen atoms in total. The monoisotopic (exact) mass is 384 g/mol. The van der Waals surface area contributed by atoms with Crippen molar-refractivity contribution >= 4 is 28.3 Å². The molecule has 27 heavy (non-hydrogen) atoms. The molecule has 1 aliphatic carbocycles. The van der Waals surface area contributed by atoms with E-state index in [2.05, 4.69) is 21.3 Å². The Morgan fingerprint density at radius 2 is 1.93 bits per heavy atom. The van der Waals surface area contributed by atoms with Crippen LogP contribution in [0.1, 0.15) is 44.1 Å². The highest BCUT2D eigenvalue weighted by Crippen LogP contribution is 2.28. The van der Waals surface area contributed by atoms with Crippen molar-refractivity contribution in [2.24, 2.45) is 0 Å². The van der Waals surface area contributed by atoms with Crippen molar-refractivity contribution in [1.29, 1.82) is 5.26 Å². The fraction of sp³-hybridized carbons (Fsp3) is 0.524. The van der Waals surface area contributed by atoms with E-state index in [1.807, 2.05) is 12.1 Å². The molecule has 6 heteroatoms. The second kappa shape index (κ2) is 8.02. The van der Waals surface area contributed by atoms with E-state index in [-0.39, 0.29) is 6.10 Å². The smallest absolute Gasteiger partial charge is 0.128 e. The van der Waals surface area contributed by atoms with Gasteiger partial charge in [-0.3, -0.25) is 4.90 Å². The molecular weight excluding hydrogens is 360 g/mol. The molecule has 1 saturated carbocycles. The normalized spacial score (nSPS) is 24.6. The van der Waals surface area contributed by atoms with Crippen LogP contribution < -0.4 is 5.32 Å². The topological polar surface area (TPSA) is 72.2 Å². The Morgan fingerprint density at radius 3 is 2.67 bits per heavy atom. The molecule has 1 aromatic heterocycles. The predicted molar refractivity (Wildman–Crippen MR) is 108 cm³/mol. The number of nitrogens with one attached hydrogen (secondary N) is 1. The van der Waals surface area contributed by atoms with Crippen LogP contribution in [0.25, 0.3) is 10.9 Å². The molecule has 0 amide bonds. The second-order valence-electron chi connectivity index (χ2n) is 7.70. The van der Waals surface area contributed by atoms with Crippen LogP contribution >= 0.6 is 11.6 Å². The van der Waals surface area contributed by atoms with Crippen LogP contribution in [-0.2, 0) is 0 Å². The first-order chi connectivity index (χ1) is 13.1. The lowest BCUT2D eigenvalue weighted by molar-refractivity contribution is 0.00992. The lowest BCUT2D eigenvalue weighted by atomic mass is 9.89. The third-order valence-corrected chi connectivity index (χ3v) is 6.17. The number of aliphatic hydroxyl groups is 1. The number of fused-ring (bicyclic) bond motifs is 1. The number of aliphatic hydroxyl groups excluding tert-OH is 1. The highest BCUT2D eigenvalue weighted by atomic mass is 35.5. The van der Waals surface area contributed by atoms with Gasteiger partial charge in [-0.15, -0.1) is 0 Å². The second-order valence-corrected chi connectivity index (χ2v) is 8.14. The van der Waals surface area contributed by atoms with Gasteiger partial charge in [-0.05, 0) is 49.9 Å². The summed E-state index contributed by atoms with van der Waals surface area (Å²) in [4.78, 5) is 7.12. The molecule has 2 aromatic rings. The quantitative estimate of drug-likeness (QED) is 0.838. The standard InChI is InChI=1S/C21H25ClN4O/c22-15-5-6-18-17(12-15)14(13-23)11-21(25-18)24-16-7-9-26(10-8-16)19-3-1-2-4-20(19)27/h5-6,11-12,16,19-20,27H,1-4,7-10H2,(H,24,25). The zero-order chi connectivity index (χ0) is 18.8. The molecule has 2 N–H and O–H groups in total. The molecule has 1 aromatic carbocycles. The summed E-state index contributed by atoms with van der Waals surface area (Å²) in [6, 6.07) is 10.2. The maximum absolute atomic E-state index is 10.3. The van der Waals surface area contributed by atoms with Crippen LogP contribution in [-0.4, -0.2) is 46.3 Å². The van der Waals surface area contributed by atoms with Gasteiger partial charge in [0.2, 0.25) is 0 Å². The summed E-state index contributed by atoms with van der Waals surface area (Å²) in [5.74, 6) is 0.748. The van der Waals surface area contributed by atoms with Crippen molar-refractivity contribution < 1.29 is 5.11 Å². The summed E-state index contributed by atoms with van der Waals surface area (Å²) < 4.78 is 0. The maximum Gasteiger partial charge on any atom is 0.128 e. The minimum atomic E-state index is -0.171. The van der Waals surface area contributed by atoms with Gasteiger partial charge in [0.25, 0.3) is 0 Å². The van der Waals surface area contributed by atoms with Gasteiger partial charge >= 0.3 is 0 Å². The number of aromatic nitrogens is 1. The zero-order valence-corrected chi connectivity index (χ0v) is 16.1. The van der Waals surface area contributed by atoms with Crippen LogP contribution in [0.15, 0.2) is 24.3 Å². The number of nitrogens with zero attached hydrogens (tertiary/aromatic N) is 3. The van der Waals surface area contributed by atoms with E-state index >= 15 is 0 Å². The Labute approximate surface area is 165 Å². The number of nitriles is 1. The average Bonchev–Trinajstić information content (AvgIpc) is 2.69. The Hall–Kier alpha value is -1.87. The lowest BCUT2D eigenvalue weighted by Gasteiger charge is -2.41. The summed E-state index contributed by atoms with van der Waals surface area (Å²) in [7, 11) is 0. The van der Waals surface area contributed by atoms with Crippen molar-refractivity contribution in [3.05, 3.63) is 34.9 Å². The van der Waals surface area contributed by atoms with Gasteiger partial charge in [-0.25, -0.2) is 4.98 Å². The Kier molecular flexibility index (Phi) is 5.49. The third kappa shape index (κ3) is 4.03. The fourth-order valence-corrected chi connectivity index (χ4v) is 4.64. The summed E-state index contributed by atoms with van der Waals surface area (Å²) in [6.45, 7) is 1.99. The van der Waals surface area contributed by atoms with Gasteiger partial charge in [-0.2, -0.15) is 5.26 Å². The Balaban J connectivity index is 1.43. The molecule has 0 spiro atoms. The maximum atomic E-state index is 10.3. The van der Waals surface area contributed by atoms with Crippen molar-refractivity contribution in [2.75, 3.05) is 18.4 Å². The molecule has 2 fully saturated rings. The molecule has 1 aliphatic heterocycles. The highest BCUT2D eigenvalue weighted by molar-refractivity contribution is 6.31. The number of hydrogen-bond donors (Lipinski definition) is 2. The number of hydrogen-bond acceptors (Lipinski definition) is 5. The third-order valence-electron chi connectivity index (χ3n) is 5.94. The van der Waals surface area contributed by atoms with E-state index in [0.29, 0.717) is 22.7 Å². The van der Waals surface area contributed by atoms with Gasteiger partial charge in [0, 0.05) is 35.6 Å². The summed E-state index contributed by atoms with van der Waals surface area (Å²) in [5, 5.41) is 24.7. The van der Waals surface area contributed by atoms with Crippen LogP contribution in [0, 0.1) is 11.3 Å². The molecule has 142 valence electrons. The zero-order valence-electron chi connectivity index (χ0n) is 15.4. The molecule has 0 radical (unpaired) electrons. The minimum absolute atomic E-state index is 0.171. The van der Waals surface area contributed by atoms with Crippen LogP contribution in [0.2, 0.25) is 5.02 Å². The number of benzene rings is 1. The number of halogens is 1. The van der Waals surface area contributed by atoms with Gasteiger partial charge in [0.15, 0.2) is 0 Å². The molecule has 4 rings (SSSR count). The van der Waals surface area contributed by atoms with Crippen molar-refractivity contribution in [3.8, 4) is 6.07 Å². The van der Waals surface area contributed by atoms with E-state index in [1.54, 1.807) is 12.1 Å². The Morgan fingerprint density at radius 1 is 1.15 bits per heavy atom. The van der Waals surface area contributed by atoms with Gasteiger partial charge in [0.1, 0.15) is 5.82 Å². The largest absolute Gasteiger partial charge is 0.391 e. The minimum Gasteiger partial charge on any atom is -0.391 e. The van der Waals surface area contributed by atoms with E-state index in [1.165, 1.54) is 6.42 Å². The number of rotatable bonds is 3. The summed E-state index contributed by atoms with van der Waals surface area (Å²) >= 11 is 6.06. The number of pyridine rings is 1. The highest BCUT2D eigenvalue weighted by Gasteiger charge is 2.31. The van der Waals surface area contributed by atoms with Gasteiger partial charge in [-0.1, -0.05) is 24.4 Å². The molecule has 2 aliphatic rings. The fourth-order valence-electron chi connectivity index (χ4n) is 4.47. The van der Waals surface area contributed by atoms with Crippen molar-refractivity contribution in [1.82, 2.24) is 9.88 Å². The van der Waals surface area contributed by atoms with E-state index < -0.39 is 0 Å². The first-order valence-electron chi connectivity index (χ1n) is 9.83. The SMILES string of the molecule is N#Cc1cc(NC2CCN(C3CCCCC3O)CC2)nc2ccc(Cl)cc12. The van der Waals surface area contributed by atoms with Crippen LogP contribution in [0.4, 0.5) is 5.82 Å². The summed E-state index contributed by atoms with van der Waals surface area (Å²) in [5.41, 5.74) is 1.37. The van der Waals surface area contributed by atoms with E-state index in [4.69, 9.17) is 11.6 Å². The van der Waals surface area contributed by atoms with Gasteiger partial charge < -0.3 is 10.4 Å². The lowest BCUT2D eigenvalue weighted by Crippen LogP contribution is -2.50. The van der Waals surface area contributed by atoms with E-state index in [0.717, 1.165) is 61.9 Å². The molecule has 2 atom stereocenters. The molecular formula is C21H25ClN4O. The average molecular weight is 385 g/mol. The Bertz CT molecular complexity index is 857. The first kappa shape index (κ1) is 18.5. The van der Waals surface area contributed by atoms with Crippen molar-refractivity contribution in [2.45, 2.75) is 56.7 Å². The van der Waals surface area contributed by atoms with Crippen molar-refractivity contribution in [3.63, 3.8) is 0 Å². The molecule has 1 saturated heterocycles. The van der Waals surface area contributed by atoms with Gasteiger partial charge in [0.05, 0.1) is 23.3 Å². The summed E-state index contributed by atoms with van der Waals surface area (Å²) in [6.07, 6.45) is 6.29. The number of anilines is 1. The van der Waals surface area contributed by atoms with Crippen LogP contribution in [0.3, 0.4) is 0 Å². The van der Waals surface area contributed by atoms with E-state index in [9.17, 15) is 10.4 Å². The first-order valence-corrected chi connectivity index (χ1v) is 10.2. The number of piperidine rings is 1. The molecule has 2 heterocycles. The number of likely N-dealkylation sites (tertiary alicyclic amines) is 1. The van der Waals surface area contributed by atoms with Crippen LogP contribution in [0.5, 0.6) is 0 Å².